The van der Waals surface area contributed by atoms with E-state index in [0.29, 0.717) is 24.7 Å². The fraction of sp³-hybridized carbons (Fsp3) is 0.381. The van der Waals surface area contributed by atoms with E-state index in [1.165, 1.54) is 0 Å². The van der Waals surface area contributed by atoms with E-state index in [1.54, 1.807) is 7.11 Å². The van der Waals surface area contributed by atoms with Gasteiger partial charge in [0.25, 0.3) is 0 Å². The highest BCUT2D eigenvalue weighted by atomic mass is 16.5. The molecule has 1 unspecified atom stereocenters. The number of nitrogens with one attached hydrogen (secondary N) is 1. The summed E-state index contributed by atoms with van der Waals surface area (Å²) in [6, 6.07) is 14.9. The van der Waals surface area contributed by atoms with Crippen molar-refractivity contribution < 1.29 is 19.0 Å². The van der Waals surface area contributed by atoms with E-state index in [9.17, 15) is 4.79 Å². The monoisotopic (exact) mass is 357 g/mol. The van der Waals surface area contributed by atoms with Gasteiger partial charge in [-0.3, -0.25) is 4.79 Å². The molecule has 5 nitrogen and oxygen atoms in total. The Labute approximate surface area is 155 Å². The summed E-state index contributed by atoms with van der Waals surface area (Å²) in [6.07, 6.45) is 0. The third kappa shape index (κ3) is 5.41. The molecule has 1 atom stereocenters. The third-order valence-electron chi connectivity index (χ3n) is 3.89. The van der Waals surface area contributed by atoms with Crippen LogP contribution in [0.5, 0.6) is 17.2 Å². The minimum absolute atomic E-state index is 0.0282. The van der Waals surface area contributed by atoms with Crippen LogP contribution in [0.2, 0.25) is 0 Å². The maximum absolute atomic E-state index is 12.2. The highest BCUT2D eigenvalue weighted by Gasteiger charge is 2.19. The molecular weight excluding hydrogens is 330 g/mol. The van der Waals surface area contributed by atoms with Crippen molar-refractivity contribution in [1.29, 1.82) is 0 Å². The zero-order valence-electron chi connectivity index (χ0n) is 15.8. The van der Waals surface area contributed by atoms with Gasteiger partial charge in [-0.15, -0.1) is 0 Å². The van der Waals surface area contributed by atoms with E-state index < -0.39 is 0 Å². The Balaban J connectivity index is 2.22. The second-order valence-corrected chi connectivity index (χ2v) is 6.18. The van der Waals surface area contributed by atoms with Crippen molar-refractivity contribution in [2.45, 2.75) is 26.8 Å². The summed E-state index contributed by atoms with van der Waals surface area (Å²) in [4.78, 5) is 12.2. The predicted octanol–water partition coefficient (Wildman–Crippen LogP) is 3.99. The highest BCUT2D eigenvalue weighted by molar-refractivity contribution is 5.78. The quantitative estimate of drug-likeness (QED) is 0.737. The molecule has 26 heavy (non-hydrogen) atoms. The molecule has 0 heterocycles. The van der Waals surface area contributed by atoms with Gasteiger partial charge in [-0.25, -0.2) is 0 Å². The number of amides is 1. The summed E-state index contributed by atoms with van der Waals surface area (Å²) < 4.78 is 16.9. The van der Waals surface area contributed by atoms with E-state index in [1.807, 2.05) is 69.3 Å². The molecule has 2 aromatic rings. The minimum Gasteiger partial charge on any atom is -0.493 e. The number of methoxy groups -OCH3 is 1. The molecule has 0 fully saturated rings. The number of benzene rings is 2. The van der Waals surface area contributed by atoms with E-state index in [0.717, 1.165) is 11.3 Å². The van der Waals surface area contributed by atoms with Crippen LogP contribution in [0.1, 0.15) is 32.4 Å². The van der Waals surface area contributed by atoms with Gasteiger partial charge >= 0.3 is 0 Å². The second kappa shape index (κ2) is 9.70. The van der Waals surface area contributed by atoms with Crippen LogP contribution in [0, 0.1) is 5.92 Å². The summed E-state index contributed by atoms with van der Waals surface area (Å²) in [5, 5.41) is 3.05. The van der Waals surface area contributed by atoms with Gasteiger partial charge in [-0.1, -0.05) is 38.1 Å². The number of hydrogen-bond acceptors (Lipinski definition) is 4. The Morgan fingerprint density at radius 3 is 2.38 bits per heavy atom. The van der Waals surface area contributed by atoms with Gasteiger partial charge in [-0.05, 0) is 36.8 Å². The minimum atomic E-state index is -0.297. The number of carbonyl (C=O) groups is 1. The Hall–Kier alpha value is -2.69. The molecule has 0 bridgehead atoms. The van der Waals surface area contributed by atoms with Gasteiger partial charge < -0.3 is 19.5 Å². The van der Waals surface area contributed by atoms with Crippen LogP contribution in [0.4, 0.5) is 0 Å². The van der Waals surface area contributed by atoms with Gasteiger partial charge in [-0.2, -0.15) is 0 Å². The van der Waals surface area contributed by atoms with Crippen LogP contribution in [0.25, 0.3) is 0 Å². The van der Waals surface area contributed by atoms with Crippen LogP contribution in [0.3, 0.4) is 0 Å². The molecule has 0 aliphatic carbocycles. The largest absolute Gasteiger partial charge is 0.493 e. The molecular formula is C21H27NO4. The van der Waals surface area contributed by atoms with Gasteiger partial charge in [0.05, 0.1) is 19.8 Å². The first-order chi connectivity index (χ1) is 12.5. The van der Waals surface area contributed by atoms with Crippen molar-refractivity contribution in [3.63, 3.8) is 0 Å². The first-order valence-electron chi connectivity index (χ1n) is 8.84. The average molecular weight is 357 g/mol. The molecule has 0 radical (unpaired) electrons. The molecule has 1 amide bonds. The Morgan fingerprint density at radius 1 is 1.04 bits per heavy atom. The van der Waals surface area contributed by atoms with Crippen molar-refractivity contribution >= 4 is 5.91 Å². The molecule has 2 rings (SSSR count). The second-order valence-electron chi connectivity index (χ2n) is 6.18. The topological polar surface area (TPSA) is 56.8 Å². The first kappa shape index (κ1) is 19.6. The van der Waals surface area contributed by atoms with Crippen molar-refractivity contribution in [2.24, 2.45) is 5.92 Å². The zero-order chi connectivity index (χ0) is 18.9. The van der Waals surface area contributed by atoms with Crippen LogP contribution < -0.4 is 19.5 Å². The lowest BCUT2D eigenvalue weighted by Gasteiger charge is -2.22. The molecule has 5 heteroatoms. The van der Waals surface area contributed by atoms with Gasteiger partial charge in [0.15, 0.2) is 11.5 Å². The fourth-order valence-corrected chi connectivity index (χ4v) is 2.43. The molecule has 1 N–H and O–H groups in total. The summed E-state index contributed by atoms with van der Waals surface area (Å²) in [7, 11) is 1.60. The molecule has 0 aliphatic heterocycles. The molecule has 0 saturated heterocycles. The molecule has 0 spiro atoms. The lowest BCUT2D eigenvalue weighted by atomic mass is 10.1. The predicted molar refractivity (Wildman–Crippen MR) is 102 cm³/mol. The van der Waals surface area contributed by atoms with Crippen LogP contribution >= 0.6 is 0 Å². The maximum Gasteiger partial charge on any atom is 0.223 e. The molecule has 2 aromatic carbocycles. The summed E-state index contributed by atoms with van der Waals surface area (Å²) in [5.41, 5.74) is 0.898. The standard InChI is InChI=1S/C21H27NO4/c1-5-25-19-12-11-16(13-20(19)24-4)18(22-21(23)15(2)3)14-26-17-9-7-6-8-10-17/h6-13,15,18H,5,14H2,1-4H3,(H,22,23). The Kier molecular flexibility index (Phi) is 7.33. The van der Waals surface area contributed by atoms with E-state index in [2.05, 4.69) is 5.32 Å². The van der Waals surface area contributed by atoms with E-state index >= 15 is 0 Å². The highest BCUT2D eigenvalue weighted by Crippen LogP contribution is 2.30. The number of hydrogen-bond donors (Lipinski definition) is 1. The summed E-state index contributed by atoms with van der Waals surface area (Å²) in [6.45, 7) is 6.53. The van der Waals surface area contributed by atoms with Crippen LogP contribution in [-0.4, -0.2) is 26.2 Å². The maximum atomic E-state index is 12.2. The molecule has 0 aliphatic rings. The van der Waals surface area contributed by atoms with E-state index in [-0.39, 0.29) is 17.9 Å². The SMILES string of the molecule is CCOc1ccc(C(COc2ccccc2)NC(=O)C(C)C)cc1OC. The number of carbonyl (C=O) groups excluding carboxylic acids is 1. The fourth-order valence-electron chi connectivity index (χ4n) is 2.43. The van der Waals surface area contributed by atoms with Crippen molar-refractivity contribution in [1.82, 2.24) is 5.32 Å². The van der Waals surface area contributed by atoms with Crippen molar-refractivity contribution in [2.75, 3.05) is 20.3 Å². The summed E-state index contributed by atoms with van der Waals surface area (Å²) >= 11 is 0. The number of ether oxygens (including phenoxy) is 3. The van der Waals surface area contributed by atoms with Gasteiger partial charge in [0.1, 0.15) is 12.4 Å². The lowest BCUT2D eigenvalue weighted by Crippen LogP contribution is -2.35. The number of rotatable bonds is 9. The summed E-state index contributed by atoms with van der Waals surface area (Å²) in [5.74, 6) is 1.93. The van der Waals surface area contributed by atoms with Crippen molar-refractivity contribution in [3.05, 3.63) is 54.1 Å². The first-order valence-corrected chi connectivity index (χ1v) is 8.84. The normalized spacial score (nSPS) is 11.7. The van der Waals surface area contributed by atoms with Crippen LogP contribution in [-0.2, 0) is 4.79 Å². The smallest absolute Gasteiger partial charge is 0.223 e. The van der Waals surface area contributed by atoms with Crippen molar-refractivity contribution in [3.8, 4) is 17.2 Å². The zero-order valence-corrected chi connectivity index (χ0v) is 15.8. The average Bonchev–Trinajstić information content (AvgIpc) is 2.66. The Bertz CT molecular complexity index is 700. The Morgan fingerprint density at radius 2 is 1.77 bits per heavy atom. The van der Waals surface area contributed by atoms with Gasteiger partial charge in [0.2, 0.25) is 5.91 Å². The van der Waals surface area contributed by atoms with Crippen LogP contribution in [0.15, 0.2) is 48.5 Å². The number of para-hydroxylation sites is 1. The molecule has 140 valence electrons. The van der Waals surface area contributed by atoms with Gasteiger partial charge in [0, 0.05) is 5.92 Å². The van der Waals surface area contributed by atoms with E-state index in [4.69, 9.17) is 14.2 Å². The lowest BCUT2D eigenvalue weighted by molar-refractivity contribution is -0.125. The molecule has 0 saturated carbocycles. The third-order valence-corrected chi connectivity index (χ3v) is 3.89. The molecule has 0 aromatic heterocycles.